The van der Waals surface area contributed by atoms with Crippen LogP contribution < -0.4 is 31.9 Å². The predicted molar refractivity (Wildman–Crippen MR) is 394 cm³/mol. The lowest BCUT2D eigenvalue weighted by atomic mass is 10.1. The summed E-state index contributed by atoms with van der Waals surface area (Å²) in [5.74, 6) is -4.72. The van der Waals surface area contributed by atoms with Crippen LogP contribution in [0.1, 0.15) is 181 Å². The van der Waals surface area contributed by atoms with E-state index < -0.39 is 63.0 Å². The normalized spacial score (nSPS) is 18.1. The maximum absolute atomic E-state index is 13.3. The first kappa shape index (κ1) is 93.3. The Bertz CT molecular complexity index is 2910. The molecule has 34 nitrogen and oxygen atoms in total. The van der Waals surface area contributed by atoms with Crippen molar-refractivity contribution in [1.82, 2.24) is 51.5 Å². The summed E-state index contributed by atoms with van der Waals surface area (Å²) in [7, 11) is -4.51. The third-order valence-corrected chi connectivity index (χ3v) is 21.4. The Kier molecular flexibility index (Phi) is 48.3. The third-order valence-electron chi connectivity index (χ3n) is 17.3. The molecule has 0 radical (unpaired) electrons. The lowest BCUT2D eigenvalue weighted by Gasteiger charge is -2.20. The van der Waals surface area contributed by atoms with Crippen molar-refractivity contribution in [2.75, 3.05) is 136 Å². The van der Waals surface area contributed by atoms with E-state index in [4.69, 9.17) is 32.3 Å². The number of thioether (sulfide) groups is 2. The molecule has 107 heavy (non-hydrogen) atoms. The first-order valence-corrected chi connectivity index (χ1v) is 41.7. The van der Waals surface area contributed by atoms with Crippen LogP contribution in [0.15, 0.2) is 0 Å². The van der Waals surface area contributed by atoms with Crippen molar-refractivity contribution in [2.24, 2.45) is 11.8 Å². The van der Waals surface area contributed by atoms with Gasteiger partial charge in [-0.3, -0.25) is 86.7 Å². The van der Waals surface area contributed by atoms with Crippen molar-refractivity contribution in [3.05, 3.63) is 0 Å². The van der Waals surface area contributed by atoms with Crippen molar-refractivity contribution in [3.8, 4) is 0 Å². The van der Waals surface area contributed by atoms with Gasteiger partial charge in [-0.05, 0) is 76.9 Å². The number of nitrogens with zero attached hydrogens (tertiary/aromatic N) is 4. The average molecular weight is 1590 g/mol. The van der Waals surface area contributed by atoms with Crippen LogP contribution in [0.5, 0.6) is 0 Å². The molecule has 0 aromatic heterocycles. The van der Waals surface area contributed by atoms with Crippen LogP contribution >= 0.6 is 40.4 Å². The van der Waals surface area contributed by atoms with E-state index in [1.165, 1.54) is 23.5 Å². The molecule has 0 aromatic carbocycles. The fraction of sp³-hybridized carbons (Fsp3) is 0.783. The molecule has 0 spiro atoms. The molecule has 0 aliphatic carbocycles. The van der Waals surface area contributed by atoms with Gasteiger partial charge >= 0.3 is 16.9 Å². The Hall–Kier alpha value is -6.04. The van der Waals surface area contributed by atoms with Gasteiger partial charge in [-0.2, -0.15) is 0 Å². The Labute approximate surface area is 637 Å². The molecule has 6 unspecified atom stereocenters. The molecule has 604 valence electrons. The number of hydrogen-bond donors (Lipinski definition) is 7. The monoisotopic (exact) mass is 1590 g/mol. The van der Waals surface area contributed by atoms with Crippen molar-refractivity contribution in [2.45, 2.75) is 198 Å². The standard InChI is InChI=1S/C69H112N10O24P2S2/c1-50-46-61(86)76(66(50)91)30-20-56(81)70-26-13-10-19-53(75-60(85)23-33-77-62(87)47-51(2)67(77)92)65(90)74-27-12-7-6-11-25-71-59(84)24-45-107-55-49-64(89)79(69(55)94)32-22-58(83)73-29-16-35-98-39-41-99-40-38-97-34-15-28-72-57(82)21-31-78-63(88)48-54(68(78)93)106-44-17-37-101-105(96)103-43-42-102-104(95)100-36-14-8-4-5-9-18-52(3)80/h50-51,53-55,95H,4-49H2,1-3H3,(H5-,70,71,72,73,74,75,81,82,83,84,85,90)/p+1/t50?,51?,53-,54?,55?,104?/m0/s1. The lowest BCUT2D eigenvalue weighted by Crippen LogP contribution is -2.47. The molecule has 7 N–H and O–H groups in total. The van der Waals surface area contributed by atoms with Crippen molar-refractivity contribution in [3.63, 3.8) is 0 Å². The Morgan fingerprint density at radius 3 is 1.34 bits per heavy atom. The number of rotatable bonds is 64. The molecule has 0 saturated carbocycles. The topological polar surface area (TPSA) is 443 Å². The summed E-state index contributed by atoms with van der Waals surface area (Å²) < 4.78 is 49.3. The van der Waals surface area contributed by atoms with Gasteiger partial charge in [-0.1, -0.05) is 46.0 Å². The van der Waals surface area contributed by atoms with Crippen molar-refractivity contribution in [1.29, 1.82) is 0 Å². The first-order valence-electron chi connectivity index (χ1n) is 37.4. The lowest BCUT2D eigenvalue weighted by molar-refractivity contribution is -0.141. The molecule has 7 atom stereocenters. The number of hydrogen-bond acceptors (Lipinski definition) is 26. The number of carbonyl (C=O) groups is 15. The minimum atomic E-state index is -2.42. The van der Waals surface area contributed by atoms with Crippen molar-refractivity contribution < 1.29 is 114 Å². The minimum Gasteiger partial charge on any atom is -0.379 e. The van der Waals surface area contributed by atoms with E-state index in [-0.39, 0.29) is 188 Å². The van der Waals surface area contributed by atoms with E-state index in [9.17, 15) is 81.4 Å². The highest BCUT2D eigenvalue weighted by Crippen LogP contribution is 2.34. The highest BCUT2D eigenvalue weighted by Gasteiger charge is 2.41. The Balaban J connectivity index is 0.907. The van der Waals surface area contributed by atoms with Crippen LogP contribution in [0.4, 0.5) is 0 Å². The van der Waals surface area contributed by atoms with Crippen LogP contribution in [0.25, 0.3) is 0 Å². The second-order valence-electron chi connectivity index (χ2n) is 26.3. The second-order valence-corrected chi connectivity index (χ2v) is 30.8. The third kappa shape index (κ3) is 39.9. The number of amides is 14. The summed E-state index contributed by atoms with van der Waals surface area (Å²) in [5, 5.41) is 15.5. The molecular formula is C69H113N10O24P2S2+. The number of nitrogens with one attached hydrogen (secondary N) is 6. The number of unbranched alkanes of at least 4 members (excludes halogenated alkanes) is 8. The summed E-state index contributed by atoms with van der Waals surface area (Å²) >= 11 is 2.51. The first-order chi connectivity index (χ1) is 51.4. The van der Waals surface area contributed by atoms with Gasteiger partial charge < -0.3 is 64.8 Å². The Morgan fingerprint density at radius 1 is 0.430 bits per heavy atom. The zero-order valence-corrected chi connectivity index (χ0v) is 65.7. The number of Topliss-reactive ketones (excluding diaryl/α,β-unsaturated/α-hetero) is 1. The fourth-order valence-corrected chi connectivity index (χ4v) is 14.7. The zero-order chi connectivity index (χ0) is 78.1. The highest BCUT2D eigenvalue weighted by molar-refractivity contribution is 8.00. The smallest absolute Gasteiger partial charge is 0.379 e. The van der Waals surface area contributed by atoms with E-state index in [1.54, 1.807) is 20.8 Å². The number of likely N-dealkylation sites (tertiary alicyclic amines) is 4. The molecule has 4 fully saturated rings. The summed E-state index contributed by atoms with van der Waals surface area (Å²) in [6.07, 6.45) is 10.6. The van der Waals surface area contributed by atoms with Gasteiger partial charge in [0.05, 0.1) is 50.1 Å². The van der Waals surface area contributed by atoms with E-state index in [0.29, 0.717) is 135 Å². The molecule has 4 heterocycles. The van der Waals surface area contributed by atoms with Crippen LogP contribution in [-0.4, -0.2) is 266 Å². The summed E-state index contributed by atoms with van der Waals surface area (Å²) in [5.41, 5.74) is 0. The largest absolute Gasteiger partial charge is 0.697 e. The number of ketones is 1. The SMILES string of the molecule is CC(=O)CCCCCCCOP(O)OCCO[P+](=O)OCCCSC1CC(=O)N(CCC(=O)NCCCOCCOCCOCCCNC(=O)CCN2C(=O)CC(SCCC(=O)NCCCCCCNC(=O)[C@H](CCCCNC(=O)CCN3C(=O)CC(C)C3=O)NC(=O)CCN3C(=O)CC(C)C3=O)C2=O)C1=O. The maximum atomic E-state index is 13.3. The quantitative estimate of drug-likeness (QED) is 0.0261. The van der Waals surface area contributed by atoms with Crippen LogP contribution in [0, 0.1) is 11.8 Å². The van der Waals surface area contributed by atoms with E-state index in [0.717, 1.165) is 64.5 Å². The molecule has 0 bridgehead atoms. The molecule has 38 heteroatoms. The predicted octanol–water partition coefficient (Wildman–Crippen LogP) is 3.34. The van der Waals surface area contributed by atoms with Gasteiger partial charge in [-0.25, -0.2) is 0 Å². The van der Waals surface area contributed by atoms with E-state index >= 15 is 0 Å². The number of ether oxygens (including phenoxy) is 3. The molecule has 4 saturated heterocycles. The van der Waals surface area contributed by atoms with Gasteiger partial charge in [0, 0.05) is 158 Å². The summed E-state index contributed by atoms with van der Waals surface area (Å²) in [6.45, 7) is 8.72. The number of imide groups is 4. The molecule has 0 aromatic rings. The Morgan fingerprint density at radius 2 is 0.832 bits per heavy atom. The summed E-state index contributed by atoms with van der Waals surface area (Å²) in [4.78, 5) is 201. The number of carbonyl (C=O) groups excluding carboxylic acids is 15. The minimum absolute atomic E-state index is 0.00177. The zero-order valence-electron chi connectivity index (χ0n) is 62.3. The van der Waals surface area contributed by atoms with Crippen LogP contribution in [-0.2, 0) is 109 Å². The van der Waals surface area contributed by atoms with Crippen molar-refractivity contribution >= 4 is 129 Å². The fourth-order valence-electron chi connectivity index (χ4n) is 11.3. The average Bonchev–Trinajstić information content (AvgIpc) is 1.72. The highest BCUT2D eigenvalue weighted by atomic mass is 32.2. The van der Waals surface area contributed by atoms with Gasteiger partial charge in [0.1, 0.15) is 25.0 Å². The van der Waals surface area contributed by atoms with Crippen LogP contribution in [0.2, 0.25) is 0 Å². The molecule has 4 rings (SSSR count). The summed E-state index contributed by atoms with van der Waals surface area (Å²) in [6, 6.07) is -0.917. The molecular weight excluding hydrogens is 1480 g/mol. The maximum Gasteiger partial charge on any atom is 0.697 e. The molecule has 4 aliphatic rings. The van der Waals surface area contributed by atoms with E-state index in [1.807, 2.05) is 0 Å². The van der Waals surface area contributed by atoms with Gasteiger partial charge in [-0.15, -0.1) is 32.6 Å². The van der Waals surface area contributed by atoms with Gasteiger partial charge in [0.25, 0.3) is 0 Å². The van der Waals surface area contributed by atoms with Crippen LogP contribution in [0.3, 0.4) is 0 Å². The van der Waals surface area contributed by atoms with Gasteiger partial charge in [0.2, 0.25) is 82.7 Å². The van der Waals surface area contributed by atoms with Gasteiger partial charge in [0.15, 0.2) is 0 Å². The molecule has 4 aliphatic heterocycles. The molecule has 14 amide bonds. The van der Waals surface area contributed by atoms with E-state index in [2.05, 4.69) is 31.9 Å². The second kappa shape index (κ2) is 55.4.